The van der Waals surface area contributed by atoms with Gasteiger partial charge >= 0.3 is 0 Å². The van der Waals surface area contributed by atoms with Crippen molar-refractivity contribution >= 4 is 11.5 Å². The molecular formula is C12H22N4O. The van der Waals surface area contributed by atoms with E-state index in [1.54, 1.807) is 0 Å². The highest BCUT2D eigenvalue weighted by Crippen LogP contribution is 2.33. The first-order chi connectivity index (χ1) is 8.19. The lowest BCUT2D eigenvalue weighted by atomic mass is 9.91. The lowest BCUT2D eigenvalue weighted by Gasteiger charge is -2.38. The second kappa shape index (κ2) is 4.96. The summed E-state index contributed by atoms with van der Waals surface area (Å²) >= 11 is 0. The Bertz CT molecular complexity index is 384. The van der Waals surface area contributed by atoms with Gasteiger partial charge in [-0.05, 0) is 25.7 Å². The first kappa shape index (κ1) is 12.2. The number of nitrogens with two attached hydrogens (primary N) is 1. The number of nitrogen functional groups attached to an aromatic ring is 1. The van der Waals surface area contributed by atoms with Gasteiger partial charge in [0.1, 0.15) is 0 Å². The Kier molecular flexibility index (Phi) is 3.57. The molecule has 17 heavy (non-hydrogen) atoms. The number of aromatic nitrogens is 2. The van der Waals surface area contributed by atoms with Gasteiger partial charge < -0.3 is 15.7 Å². The summed E-state index contributed by atoms with van der Waals surface area (Å²) in [4.78, 5) is 2.21. The number of aryl methyl sites for hydroxylation is 2. The third-order valence-electron chi connectivity index (χ3n) is 3.59. The molecule has 1 aromatic heterocycles. The zero-order valence-corrected chi connectivity index (χ0v) is 10.7. The topological polar surface area (TPSA) is 67.3 Å². The summed E-state index contributed by atoms with van der Waals surface area (Å²) in [5, 5.41) is 13.6. The molecule has 0 aromatic carbocycles. The molecule has 0 aliphatic heterocycles. The molecule has 0 bridgehead atoms. The molecular weight excluding hydrogens is 216 g/mol. The molecule has 5 nitrogen and oxygen atoms in total. The molecule has 0 atom stereocenters. The van der Waals surface area contributed by atoms with Crippen molar-refractivity contribution < 1.29 is 5.11 Å². The number of hydrogen-bond acceptors (Lipinski definition) is 4. The van der Waals surface area contributed by atoms with E-state index in [0.29, 0.717) is 12.6 Å². The minimum absolute atomic E-state index is 0.155. The molecule has 0 radical (unpaired) electrons. The van der Waals surface area contributed by atoms with Crippen molar-refractivity contribution in [1.29, 1.82) is 0 Å². The monoisotopic (exact) mass is 238 g/mol. The predicted octanol–water partition coefficient (Wildman–Crippen LogP) is 0.916. The van der Waals surface area contributed by atoms with Crippen LogP contribution in [0.3, 0.4) is 0 Å². The van der Waals surface area contributed by atoms with Crippen LogP contribution in [0.15, 0.2) is 0 Å². The fourth-order valence-electron chi connectivity index (χ4n) is 2.45. The SMILES string of the molecule is CCc1nn(C)c(N(CCO)C2CCC2)c1N. The molecule has 1 heterocycles. The molecule has 1 saturated carbocycles. The van der Waals surface area contributed by atoms with E-state index < -0.39 is 0 Å². The first-order valence-corrected chi connectivity index (χ1v) is 6.37. The third-order valence-corrected chi connectivity index (χ3v) is 3.59. The molecule has 0 saturated heterocycles. The van der Waals surface area contributed by atoms with Gasteiger partial charge in [-0.15, -0.1) is 0 Å². The molecule has 1 fully saturated rings. The van der Waals surface area contributed by atoms with Crippen molar-refractivity contribution in [2.75, 3.05) is 23.8 Å². The smallest absolute Gasteiger partial charge is 0.150 e. The van der Waals surface area contributed by atoms with Crippen LogP contribution in [0.2, 0.25) is 0 Å². The van der Waals surface area contributed by atoms with E-state index in [1.807, 2.05) is 11.7 Å². The highest BCUT2D eigenvalue weighted by molar-refractivity contribution is 5.67. The summed E-state index contributed by atoms with van der Waals surface area (Å²) in [6.45, 7) is 2.85. The number of nitrogens with zero attached hydrogens (tertiary/aromatic N) is 3. The molecule has 3 N–H and O–H groups in total. The maximum absolute atomic E-state index is 9.20. The van der Waals surface area contributed by atoms with Gasteiger partial charge in [0, 0.05) is 19.6 Å². The second-order valence-electron chi connectivity index (χ2n) is 4.66. The highest BCUT2D eigenvalue weighted by atomic mass is 16.3. The van der Waals surface area contributed by atoms with Crippen molar-refractivity contribution in [2.24, 2.45) is 7.05 Å². The average molecular weight is 238 g/mol. The lowest BCUT2D eigenvalue weighted by Crippen LogP contribution is -2.43. The van der Waals surface area contributed by atoms with Crippen LogP contribution < -0.4 is 10.6 Å². The van der Waals surface area contributed by atoms with E-state index in [2.05, 4.69) is 16.9 Å². The van der Waals surface area contributed by atoms with Gasteiger partial charge in [-0.2, -0.15) is 5.10 Å². The van der Waals surface area contributed by atoms with E-state index in [9.17, 15) is 5.11 Å². The van der Waals surface area contributed by atoms with Crippen molar-refractivity contribution in [3.8, 4) is 0 Å². The van der Waals surface area contributed by atoms with Gasteiger partial charge in [-0.3, -0.25) is 4.68 Å². The van der Waals surface area contributed by atoms with E-state index in [-0.39, 0.29) is 6.61 Å². The van der Waals surface area contributed by atoms with Crippen molar-refractivity contribution in [1.82, 2.24) is 9.78 Å². The Morgan fingerprint density at radius 3 is 2.65 bits per heavy atom. The van der Waals surface area contributed by atoms with E-state index in [0.717, 1.165) is 23.6 Å². The summed E-state index contributed by atoms with van der Waals surface area (Å²) < 4.78 is 1.85. The predicted molar refractivity (Wildman–Crippen MR) is 69.1 cm³/mol. The van der Waals surface area contributed by atoms with Gasteiger partial charge in [0.05, 0.1) is 18.0 Å². The Hall–Kier alpha value is -1.23. The van der Waals surface area contributed by atoms with Crippen LogP contribution in [-0.4, -0.2) is 34.1 Å². The molecule has 0 amide bonds. The number of rotatable bonds is 5. The van der Waals surface area contributed by atoms with Crippen LogP contribution >= 0.6 is 0 Å². The first-order valence-electron chi connectivity index (χ1n) is 6.37. The van der Waals surface area contributed by atoms with Gasteiger partial charge in [-0.25, -0.2) is 0 Å². The Morgan fingerprint density at radius 1 is 1.53 bits per heavy atom. The second-order valence-corrected chi connectivity index (χ2v) is 4.66. The summed E-state index contributed by atoms with van der Waals surface area (Å²) in [5.41, 5.74) is 7.88. The van der Waals surface area contributed by atoms with Crippen molar-refractivity contribution in [3.05, 3.63) is 5.69 Å². The molecule has 96 valence electrons. The minimum Gasteiger partial charge on any atom is -0.395 e. The van der Waals surface area contributed by atoms with E-state index in [1.165, 1.54) is 19.3 Å². The quantitative estimate of drug-likeness (QED) is 0.800. The lowest BCUT2D eigenvalue weighted by molar-refractivity contribution is 0.282. The summed E-state index contributed by atoms with van der Waals surface area (Å²) in [7, 11) is 1.92. The van der Waals surface area contributed by atoms with Crippen LogP contribution in [0.4, 0.5) is 11.5 Å². The van der Waals surface area contributed by atoms with Crippen LogP contribution in [0, 0.1) is 0 Å². The van der Waals surface area contributed by atoms with E-state index >= 15 is 0 Å². The Labute approximate surface area is 102 Å². The van der Waals surface area contributed by atoms with Crippen molar-refractivity contribution in [3.63, 3.8) is 0 Å². The molecule has 1 aliphatic rings. The average Bonchev–Trinajstić information content (AvgIpc) is 2.51. The third kappa shape index (κ3) is 2.11. The number of aliphatic hydroxyl groups excluding tert-OH is 1. The minimum atomic E-state index is 0.155. The van der Waals surface area contributed by atoms with Crippen LogP contribution in [-0.2, 0) is 13.5 Å². The molecule has 0 spiro atoms. The largest absolute Gasteiger partial charge is 0.395 e. The van der Waals surface area contributed by atoms with Gasteiger partial charge in [0.2, 0.25) is 0 Å². The van der Waals surface area contributed by atoms with Gasteiger partial charge in [0.25, 0.3) is 0 Å². The summed E-state index contributed by atoms with van der Waals surface area (Å²) in [6.07, 6.45) is 4.49. The van der Waals surface area contributed by atoms with Crippen LogP contribution in [0.25, 0.3) is 0 Å². The zero-order valence-electron chi connectivity index (χ0n) is 10.7. The van der Waals surface area contributed by atoms with Crippen LogP contribution in [0.5, 0.6) is 0 Å². The maximum atomic E-state index is 9.20. The fourth-order valence-corrected chi connectivity index (χ4v) is 2.45. The molecule has 2 rings (SSSR count). The van der Waals surface area contributed by atoms with Gasteiger partial charge in [-0.1, -0.05) is 6.92 Å². The Balaban J connectivity index is 2.30. The normalized spacial score (nSPS) is 15.9. The van der Waals surface area contributed by atoms with Crippen molar-refractivity contribution in [2.45, 2.75) is 38.6 Å². The summed E-state index contributed by atoms with van der Waals surface area (Å²) in [5.74, 6) is 0.973. The molecule has 1 aliphatic carbocycles. The molecule has 5 heteroatoms. The Morgan fingerprint density at radius 2 is 2.24 bits per heavy atom. The fraction of sp³-hybridized carbons (Fsp3) is 0.750. The van der Waals surface area contributed by atoms with Crippen LogP contribution in [0.1, 0.15) is 31.9 Å². The zero-order chi connectivity index (χ0) is 12.4. The number of hydrogen-bond donors (Lipinski definition) is 2. The van der Waals surface area contributed by atoms with Gasteiger partial charge in [0.15, 0.2) is 5.82 Å². The maximum Gasteiger partial charge on any atom is 0.150 e. The van der Waals surface area contributed by atoms with E-state index in [4.69, 9.17) is 5.73 Å². The number of anilines is 2. The summed E-state index contributed by atoms with van der Waals surface area (Å²) in [6, 6.07) is 0.518. The molecule has 0 unspecified atom stereocenters. The molecule has 1 aromatic rings. The number of aliphatic hydroxyl groups is 1. The highest BCUT2D eigenvalue weighted by Gasteiger charge is 2.29. The standard InChI is InChI=1S/C12H22N4O/c1-3-10-11(13)12(15(2)14-10)16(7-8-17)9-5-4-6-9/h9,17H,3-8,13H2,1-2H3.